The van der Waals surface area contributed by atoms with Crippen molar-refractivity contribution in [3.63, 3.8) is 0 Å². The second-order valence-corrected chi connectivity index (χ2v) is 5.45. The minimum atomic E-state index is 0.0288. The molecule has 1 aliphatic rings. The highest BCUT2D eigenvalue weighted by Crippen LogP contribution is 2.35. The molecule has 2 atom stereocenters. The summed E-state index contributed by atoms with van der Waals surface area (Å²) in [6.45, 7) is 4.96. The van der Waals surface area contributed by atoms with Crippen LogP contribution in [0.2, 0.25) is 0 Å². The third-order valence-corrected chi connectivity index (χ3v) is 3.92. The average Bonchev–Trinajstić information content (AvgIpc) is 2.39. The molecule has 1 aromatic carbocycles. The summed E-state index contributed by atoms with van der Waals surface area (Å²) in [4.78, 5) is 11.7. The lowest BCUT2D eigenvalue weighted by Gasteiger charge is -2.27. The largest absolute Gasteiger partial charge is 0.352 e. The molecule has 0 aliphatic heterocycles. The molecule has 1 aliphatic carbocycles. The average molecular weight is 245 g/mol. The Labute approximate surface area is 110 Å². The summed E-state index contributed by atoms with van der Waals surface area (Å²) in [5, 5.41) is 2.83. The molecule has 0 radical (unpaired) electrons. The van der Waals surface area contributed by atoms with Gasteiger partial charge in [-0.2, -0.15) is 0 Å². The summed E-state index contributed by atoms with van der Waals surface area (Å²) in [6.07, 6.45) is 5.29. The Balaban J connectivity index is 2.05. The maximum atomic E-state index is 11.7. The predicted octanol–water partition coefficient (Wildman–Crippen LogP) is 3.73. The molecule has 1 amide bonds. The van der Waals surface area contributed by atoms with Gasteiger partial charge in [0, 0.05) is 12.1 Å². The number of hydrogen-bond donors (Lipinski definition) is 1. The Kier molecular flexibility index (Phi) is 4.40. The van der Waals surface area contributed by atoms with Crippen LogP contribution in [-0.4, -0.2) is 12.5 Å². The normalized spacial score (nSPS) is 23.7. The first kappa shape index (κ1) is 13.1. The van der Waals surface area contributed by atoms with Gasteiger partial charge in [0.1, 0.15) is 0 Å². The van der Waals surface area contributed by atoms with Crippen LogP contribution in [0, 0.1) is 5.92 Å². The van der Waals surface area contributed by atoms with Gasteiger partial charge >= 0.3 is 0 Å². The Morgan fingerprint density at radius 2 is 2.00 bits per heavy atom. The lowest BCUT2D eigenvalue weighted by Crippen LogP contribution is -2.22. The number of rotatable bonds is 3. The van der Waals surface area contributed by atoms with E-state index >= 15 is 0 Å². The van der Waals surface area contributed by atoms with Crippen molar-refractivity contribution < 1.29 is 4.79 Å². The minimum absolute atomic E-state index is 0.0288. The van der Waals surface area contributed by atoms with Gasteiger partial charge in [0.05, 0.1) is 0 Å². The molecule has 1 N–H and O–H groups in total. The zero-order valence-electron chi connectivity index (χ0n) is 11.4. The molecule has 1 saturated carbocycles. The number of benzene rings is 1. The molecule has 1 aromatic rings. The van der Waals surface area contributed by atoms with E-state index in [9.17, 15) is 4.79 Å². The molecule has 98 valence electrons. The van der Waals surface area contributed by atoms with E-state index in [0.717, 1.165) is 11.5 Å². The van der Waals surface area contributed by atoms with E-state index in [2.05, 4.69) is 24.4 Å². The van der Waals surface area contributed by atoms with Crippen molar-refractivity contribution in [3.8, 4) is 0 Å². The first-order valence-electron chi connectivity index (χ1n) is 7.09. The smallest absolute Gasteiger partial charge is 0.251 e. The van der Waals surface area contributed by atoms with Crippen molar-refractivity contribution in [2.75, 3.05) is 6.54 Å². The number of nitrogens with one attached hydrogen (secondary N) is 1. The maximum absolute atomic E-state index is 11.7. The molecule has 2 nitrogen and oxygen atoms in total. The molecule has 0 saturated heterocycles. The second-order valence-electron chi connectivity index (χ2n) is 5.45. The van der Waals surface area contributed by atoms with E-state index in [1.807, 2.05) is 19.1 Å². The molecule has 0 heterocycles. The third-order valence-electron chi connectivity index (χ3n) is 3.92. The predicted molar refractivity (Wildman–Crippen MR) is 74.8 cm³/mol. The monoisotopic (exact) mass is 245 g/mol. The highest BCUT2D eigenvalue weighted by Gasteiger charge is 2.20. The Morgan fingerprint density at radius 3 is 2.61 bits per heavy atom. The fraction of sp³-hybridized carbons (Fsp3) is 0.562. The van der Waals surface area contributed by atoms with Crippen LogP contribution >= 0.6 is 0 Å². The van der Waals surface area contributed by atoms with Crippen LogP contribution in [-0.2, 0) is 0 Å². The van der Waals surface area contributed by atoms with Gasteiger partial charge in [-0.15, -0.1) is 0 Å². The van der Waals surface area contributed by atoms with Crippen LogP contribution in [0.4, 0.5) is 0 Å². The van der Waals surface area contributed by atoms with Gasteiger partial charge in [-0.1, -0.05) is 31.9 Å². The van der Waals surface area contributed by atoms with E-state index in [-0.39, 0.29) is 5.91 Å². The molecule has 2 heteroatoms. The van der Waals surface area contributed by atoms with E-state index in [0.29, 0.717) is 12.5 Å². The first-order valence-corrected chi connectivity index (χ1v) is 7.09. The minimum Gasteiger partial charge on any atom is -0.352 e. The molecule has 0 spiro atoms. The second kappa shape index (κ2) is 6.03. The number of carbonyl (C=O) groups excluding carboxylic acids is 1. The van der Waals surface area contributed by atoms with Gasteiger partial charge in [0.25, 0.3) is 5.91 Å². The van der Waals surface area contributed by atoms with Gasteiger partial charge in [-0.3, -0.25) is 4.79 Å². The Bertz CT molecular complexity index is 396. The fourth-order valence-electron chi connectivity index (χ4n) is 2.91. The van der Waals surface area contributed by atoms with Crippen LogP contribution in [0.3, 0.4) is 0 Å². The lowest BCUT2D eigenvalue weighted by atomic mass is 9.79. The van der Waals surface area contributed by atoms with Gasteiger partial charge in [-0.25, -0.2) is 0 Å². The quantitative estimate of drug-likeness (QED) is 0.863. The molecule has 2 unspecified atom stereocenters. The van der Waals surface area contributed by atoms with E-state index in [1.165, 1.54) is 31.2 Å². The van der Waals surface area contributed by atoms with E-state index < -0.39 is 0 Å². The van der Waals surface area contributed by atoms with Gasteiger partial charge in [-0.05, 0) is 49.3 Å². The molecule has 0 bridgehead atoms. The van der Waals surface area contributed by atoms with Crippen molar-refractivity contribution in [2.24, 2.45) is 5.92 Å². The van der Waals surface area contributed by atoms with Crippen molar-refractivity contribution in [3.05, 3.63) is 35.4 Å². The molecule has 1 fully saturated rings. The highest BCUT2D eigenvalue weighted by atomic mass is 16.1. The Hall–Kier alpha value is -1.31. The summed E-state index contributed by atoms with van der Waals surface area (Å²) < 4.78 is 0. The third kappa shape index (κ3) is 3.12. The molecular formula is C16H23NO. The molecule has 0 aromatic heterocycles. The van der Waals surface area contributed by atoms with Crippen LogP contribution in [0.1, 0.15) is 61.4 Å². The summed E-state index contributed by atoms with van der Waals surface area (Å²) in [6, 6.07) is 8.18. The highest BCUT2D eigenvalue weighted by molar-refractivity contribution is 5.94. The standard InChI is InChI=1S/C16H23NO/c1-3-17-16(18)14-9-7-13(8-10-14)15-6-4-5-12(2)11-15/h7-10,12,15H,3-6,11H2,1-2H3,(H,17,18). The van der Waals surface area contributed by atoms with Crippen LogP contribution in [0.5, 0.6) is 0 Å². The molecular weight excluding hydrogens is 222 g/mol. The van der Waals surface area contributed by atoms with Crippen molar-refractivity contribution in [1.82, 2.24) is 5.32 Å². The number of carbonyl (C=O) groups is 1. The number of hydrogen-bond acceptors (Lipinski definition) is 1. The zero-order valence-corrected chi connectivity index (χ0v) is 11.4. The van der Waals surface area contributed by atoms with Gasteiger partial charge < -0.3 is 5.32 Å². The lowest BCUT2D eigenvalue weighted by molar-refractivity contribution is 0.0956. The maximum Gasteiger partial charge on any atom is 0.251 e. The van der Waals surface area contributed by atoms with Crippen LogP contribution in [0.15, 0.2) is 24.3 Å². The Morgan fingerprint density at radius 1 is 1.28 bits per heavy atom. The molecule has 2 rings (SSSR count). The summed E-state index contributed by atoms with van der Waals surface area (Å²) in [7, 11) is 0. The zero-order chi connectivity index (χ0) is 13.0. The van der Waals surface area contributed by atoms with Crippen molar-refractivity contribution in [1.29, 1.82) is 0 Å². The van der Waals surface area contributed by atoms with Crippen LogP contribution < -0.4 is 5.32 Å². The topological polar surface area (TPSA) is 29.1 Å². The van der Waals surface area contributed by atoms with E-state index in [4.69, 9.17) is 0 Å². The van der Waals surface area contributed by atoms with Gasteiger partial charge in [0.15, 0.2) is 0 Å². The summed E-state index contributed by atoms with van der Waals surface area (Å²) in [5.74, 6) is 1.56. The summed E-state index contributed by atoms with van der Waals surface area (Å²) in [5.41, 5.74) is 2.17. The number of amides is 1. The summed E-state index contributed by atoms with van der Waals surface area (Å²) >= 11 is 0. The van der Waals surface area contributed by atoms with Crippen molar-refractivity contribution >= 4 is 5.91 Å². The first-order chi connectivity index (χ1) is 8.70. The SMILES string of the molecule is CCNC(=O)c1ccc(C2CCCC(C)C2)cc1. The molecule has 18 heavy (non-hydrogen) atoms. The van der Waals surface area contributed by atoms with Crippen molar-refractivity contribution in [2.45, 2.75) is 45.4 Å². The van der Waals surface area contributed by atoms with Crippen LogP contribution in [0.25, 0.3) is 0 Å². The fourth-order valence-corrected chi connectivity index (χ4v) is 2.91. The van der Waals surface area contributed by atoms with E-state index in [1.54, 1.807) is 0 Å². The van der Waals surface area contributed by atoms with Gasteiger partial charge in [0.2, 0.25) is 0 Å².